The van der Waals surface area contributed by atoms with Gasteiger partial charge in [-0.1, -0.05) is 11.6 Å². The molecule has 0 aliphatic carbocycles. The molecule has 0 spiro atoms. The van der Waals surface area contributed by atoms with Crippen LogP contribution in [0.15, 0.2) is 0 Å². The van der Waals surface area contributed by atoms with Crippen LogP contribution in [0.25, 0.3) is 0 Å². The number of aromatic nitrogens is 2. The highest BCUT2D eigenvalue weighted by molar-refractivity contribution is 6.34. The topological polar surface area (TPSA) is 86.3 Å². The normalized spacial score (nSPS) is 19.9. The second kappa shape index (κ2) is 4.97. The highest BCUT2D eigenvalue weighted by Gasteiger charge is 2.34. The van der Waals surface area contributed by atoms with Crippen LogP contribution in [0, 0.1) is 6.92 Å². The summed E-state index contributed by atoms with van der Waals surface area (Å²) >= 11 is 5.96. The van der Waals surface area contributed by atoms with Crippen molar-refractivity contribution >= 4 is 23.5 Å². The summed E-state index contributed by atoms with van der Waals surface area (Å²) in [6, 6.07) is -0.778. The molecule has 98 valence electrons. The maximum absolute atomic E-state index is 12.2. The molecule has 1 amide bonds. The Morgan fingerprint density at radius 1 is 1.50 bits per heavy atom. The molecule has 6 nitrogen and oxygen atoms in total. The number of carbonyl (C=O) groups is 2. The van der Waals surface area contributed by atoms with Gasteiger partial charge in [-0.3, -0.25) is 9.89 Å². The van der Waals surface area contributed by atoms with Gasteiger partial charge in [0.1, 0.15) is 6.04 Å². The van der Waals surface area contributed by atoms with Gasteiger partial charge in [0, 0.05) is 6.54 Å². The number of hydrogen-bond donors (Lipinski definition) is 2. The number of H-pyrrole nitrogens is 1. The Hall–Kier alpha value is -1.56. The minimum atomic E-state index is -0.980. The lowest BCUT2D eigenvalue weighted by atomic mass is 10.0. The third kappa shape index (κ3) is 2.20. The zero-order valence-corrected chi connectivity index (χ0v) is 10.7. The van der Waals surface area contributed by atoms with Gasteiger partial charge in [-0.2, -0.15) is 5.10 Å². The lowest BCUT2D eigenvalue weighted by Crippen LogP contribution is -2.48. The number of carbonyl (C=O) groups excluding carboxylic acids is 1. The van der Waals surface area contributed by atoms with Gasteiger partial charge in [0.2, 0.25) is 0 Å². The quantitative estimate of drug-likeness (QED) is 0.852. The van der Waals surface area contributed by atoms with E-state index in [0.717, 1.165) is 12.8 Å². The number of aryl methyl sites for hydroxylation is 1. The van der Waals surface area contributed by atoms with Crippen molar-refractivity contribution in [1.29, 1.82) is 0 Å². The van der Waals surface area contributed by atoms with Crippen molar-refractivity contribution in [2.45, 2.75) is 32.2 Å². The SMILES string of the molecule is Cc1[nH]nc(C(=O)N2CCCC[C@@H]2C(=O)O)c1Cl. The van der Waals surface area contributed by atoms with E-state index >= 15 is 0 Å². The lowest BCUT2D eigenvalue weighted by molar-refractivity contribution is -0.143. The van der Waals surface area contributed by atoms with Crippen LogP contribution in [0.4, 0.5) is 0 Å². The molecule has 2 N–H and O–H groups in total. The van der Waals surface area contributed by atoms with Gasteiger partial charge in [-0.05, 0) is 26.2 Å². The van der Waals surface area contributed by atoms with Gasteiger partial charge in [-0.25, -0.2) is 4.79 Å². The molecule has 0 bridgehead atoms. The molecule has 1 atom stereocenters. The Bertz CT molecular complexity index is 486. The summed E-state index contributed by atoms with van der Waals surface area (Å²) in [7, 11) is 0. The summed E-state index contributed by atoms with van der Waals surface area (Å²) in [5.41, 5.74) is 0.700. The molecule has 1 aliphatic heterocycles. The number of carboxylic acid groups (broad SMARTS) is 1. The number of piperidine rings is 1. The predicted molar refractivity (Wildman–Crippen MR) is 64.6 cm³/mol. The Kier molecular flexibility index (Phi) is 3.56. The third-order valence-corrected chi connectivity index (χ3v) is 3.59. The molecule has 0 aromatic carbocycles. The van der Waals surface area contributed by atoms with Crippen LogP contribution in [0.5, 0.6) is 0 Å². The molecule has 2 rings (SSSR count). The number of nitrogens with one attached hydrogen (secondary N) is 1. The standard InChI is InChI=1S/C11H14ClN3O3/c1-6-8(12)9(14-13-6)10(16)15-5-3-2-4-7(15)11(17)18/h7H,2-5H2,1H3,(H,13,14)(H,17,18)/t7-/m1/s1. The average molecular weight is 272 g/mol. The maximum atomic E-state index is 12.2. The third-order valence-electron chi connectivity index (χ3n) is 3.12. The number of halogens is 1. The molecule has 18 heavy (non-hydrogen) atoms. The second-order valence-electron chi connectivity index (χ2n) is 4.36. The van der Waals surface area contributed by atoms with Gasteiger partial charge in [0.15, 0.2) is 5.69 Å². The van der Waals surface area contributed by atoms with Crippen molar-refractivity contribution in [1.82, 2.24) is 15.1 Å². The Morgan fingerprint density at radius 3 is 2.78 bits per heavy atom. The zero-order chi connectivity index (χ0) is 13.3. The lowest BCUT2D eigenvalue weighted by Gasteiger charge is -2.32. The van der Waals surface area contributed by atoms with Crippen molar-refractivity contribution in [3.8, 4) is 0 Å². The van der Waals surface area contributed by atoms with Crippen LogP contribution in [0.3, 0.4) is 0 Å². The van der Waals surface area contributed by atoms with Crippen LogP contribution in [-0.2, 0) is 4.79 Å². The van der Waals surface area contributed by atoms with Crippen LogP contribution in [0.2, 0.25) is 5.02 Å². The number of carboxylic acids is 1. The summed E-state index contributed by atoms with van der Waals surface area (Å²) < 4.78 is 0. The Morgan fingerprint density at radius 2 is 2.22 bits per heavy atom. The van der Waals surface area contributed by atoms with Gasteiger partial charge < -0.3 is 10.0 Å². The van der Waals surface area contributed by atoms with E-state index in [1.807, 2.05) is 0 Å². The van der Waals surface area contributed by atoms with Crippen LogP contribution < -0.4 is 0 Å². The first-order valence-corrected chi connectivity index (χ1v) is 6.14. The van der Waals surface area contributed by atoms with E-state index in [9.17, 15) is 9.59 Å². The fraction of sp³-hybridized carbons (Fsp3) is 0.545. The predicted octanol–water partition coefficient (Wildman–Crippen LogP) is 1.45. The van der Waals surface area contributed by atoms with Gasteiger partial charge >= 0.3 is 5.97 Å². The molecular weight excluding hydrogens is 258 g/mol. The fourth-order valence-corrected chi connectivity index (χ4v) is 2.29. The van der Waals surface area contributed by atoms with Crippen LogP contribution in [0.1, 0.15) is 35.4 Å². The van der Waals surface area contributed by atoms with E-state index in [4.69, 9.17) is 16.7 Å². The molecule has 1 fully saturated rings. The van der Waals surface area contributed by atoms with E-state index in [0.29, 0.717) is 18.7 Å². The molecule has 0 radical (unpaired) electrons. The van der Waals surface area contributed by atoms with Gasteiger partial charge in [0.25, 0.3) is 5.91 Å². The number of aromatic amines is 1. The fourth-order valence-electron chi connectivity index (χ4n) is 2.12. The Labute approximate surface area is 109 Å². The smallest absolute Gasteiger partial charge is 0.326 e. The molecule has 1 aromatic rings. The van der Waals surface area contributed by atoms with Crippen molar-refractivity contribution in [3.05, 3.63) is 16.4 Å². The van der Waals surface area contributed by atoms with Crippen molar-refractivity contribution in [2.75, 3.05) is 6.54 Å². The van der Waals surface area contributed by atoms with E-state index in [-0.39, 0.29) is 10.7 Å². The van der Waals surface area contributed by atoms with Gasteiger partial charge in [-0.15, -0.1) is 0 Å². The van der Waals surface area contributed by atoms with E-state index in [1.54, 1.807) is 6.92 Å². The minimum absolute atomic E-state index is 0.0994. The monoisotopic (exact) mass is 271 g/mol. The maximum Gasteiger partial charge on any atom is 0.326 e. The number of rotatable bonds is 2. The van der Waals surface area contributed by atoms with Crippen molar-refractivity contribution < 1.29 is 14.7 Å². The highest BCUT2D eigenvalue weighted by Crippen LogP contribution is 2.23. The molecule has 0 saturated carbocycles. The van der Waals surface area contributed by atoms with E-state index in [1.165, 1.54) is 4.90 Å². The summed E-state index contributed by atoms with van der Waals surface area (Å²) in [6.45, 7) is 2.13. The number of aliphatic carboxylic acids is 1. The molecule has 1 aromatic heterocycles. The highest BCUT2D eigenvalue weighted by atomic mass is 35.5. The second-order valence-corrected chi connectivity index (χ2v) is 4.74. The molecular formula is C11H14ClN3O3. The van der Waals surface area contributed by atoms with E-state index in [2.05, 4.69) is 10.2 Å². The van der Waals surface area contributed by atoms with Crippen molar-refractivity contribution in [3.63, 3.8) is 0 Å². The molecule has 1 aliphatic rings. The van der Waals surface area contributed by atoms with E-state index < -0.39 is 17.9 Å². The summed E-state index contributed by atoms with van der Waals surface area (Å²) in [5.74, 6) is -1.40. The molecule has 0 unspecified atom stereocenters. The van der Waals surface area contributed by atoms with Gasteiger partial charge in [0.05, 0.1) is 10.7 Å². The largest absolute Gasteiger partial charge is 0.480 e. The zero-order valence-electron chi connectivity index (χ0n) is 9.94. The number of likely N-dealkylation sites (tertiary alicyclic amines) is 1. The number of nitrogens with zero attached hydrogens (tertiary/aromatic N) is 2. The Balaban J connectivity index is 2.26. The number of amides is 1. The first-order valence-electron chi connectivity index (χ1n) is 5.76. The van der Waals surface area contributed by atoms with Crippen LogP contribution >= 0.6 is 11.6 Å². The molecule has 7 heteroatoms. The summed E-state index contributed by atoms with van der Waals surface area (Å²) in [4.78, 5) is 24.7. The molecule has 2 heterocycles. The number of hydrogen-bond acceptors (Lipinski definition) is 3. The first-order chi connectivity index (χ1) is 8.52. The summed E-state index contributed by atoms with van der Waals surface area (Å²) in [6.07, 6.45) is 2.09. The average Bonchev–Trinajstić information content (AvgIpc) is 2.69. The van der Waals surface area contributed by atoms with Crippen LogP contribution in [-0.4, -0.2) is 44.7 Å². The molecule has 1 saturated heterocycles. The minimum Gasteiger partial charge on any atom is -0.480 e. The first kappa shape index (κ1) is 12.9. The van der Waals surface area contributed by atoms with Crippen molar-refractivity contribution in [2.24, 2.45) is 0 Å². The summed E-state index contributed by atoms with van der Waals surface area (Å²) in [5, 5.41) is 15.9.